The molecule has 0 spiro atoms. The molecule has 4 saturated carbocycles. The lowest BCUT2D eigenvalue weighted by molar-refractivity contribution is -0.159. The van der Waals surface area contributed by atoms with Crippen molar-refractivity contribution >= 4 is 23.2 Å². The molecule has 1 aliphatic heterocycles. The van der Waals surface area contributed by atoms with Crippen LogP contribution in [0, 0.1) is 23.2 Å². The van der Waals surface area contributed by atoms with Crippen LogP contribution in [0.3, 0.4) is 0 Å². The molecule has 0 atom stereocenters. The van der Waals surface area contributed by atoms with E-state index in [4.69, 9.17) is 0 Å². The molecule has 1 N–H and O–H groups in total. The molecule has 5 nitrogen and oxygen atoms in total. The zero-order valence-electron chi connectivity index (χ0n) is 16.6. The molecular formula is C22H31N3O2S. The number of carbonyl (C=O) groups is 2. The van der Waals surface area contributed by atoms with Crippen LogP contribution in [0.2, 0.25) is 0 Å². The number of amides is 2. The third-order valence-electron chi connectivity index (χ3n) is 7.65. The fourth-order valence-electron chi connectivity index (χ4n) is 6.71. The third kappa shape index (κ3) is 3.50. The first-order chi connectivity index (χ1) is 13.6. The van der Waals surface area contributed by atoms with E-state index in [1.165, 1.54) is 19.3 Å². The second kappa shape index (κ2) is 7.45. The van der Waals surface area contributed by atoms with Crippen LogP contribution in [0.5, 0.6) is 0 Å². The van der Waals surface area contributed by atoms with E-state index < -0.39 is 0 Å². The van der Waals surface area contributed by atoms with Gasteiger partial charge >= 0.3 is 0 Å². The lowest BCUT2D eigenvalue weighted by atomic mass is 9.49. The van der Waals surface area contributed by atoms with Gasteiger partial charge in [0.05, 0.1) is 5.41 Å². The van der Waals surface area contributed by atoms with Crippen molar-refractivity contribution in [2.45, 2.75) is 38.5 Å². The maximum Gasteiger partial charge on any atom is 0.252 e. The number of thiophene rings is 1. The van der Waals surface area contributed by atoms with Crippen LogP contribution >= 0.6 is 11.3 Å². The Morgan fingerprint density at radius 3 is 2.25 bits per heavy atom. The van der Waals surface area contributed by atoms with Gasteiger partial charge in [0.15, 0.2) is 0 Å². The predicted molar refractivity (Wildman–Crippen MR) is 110 cm³/mol. The Morgan fingerprint density at radius 2 is 1.68 bits per heavy atom. The van der Waals surface area contributed by atoms with Crippen molar-refractivity contribution < 1.29 is 9.59 Å². The number of nitrogens with one attached hydrogen (secondary N) is 1. The summed E-state index contributed by atoms with van der Waals surface area (Å²) in [4.78, 5) is 30.0. The minimum Gasteiger partial charge on any atom is -0.351 e. The van der Waals surface area contributed by atoms with E-state index in [0.717, 1.165) is 75.3 Å². The highest BCUT2D eigenvalue weighted by Crippen LogP contribution is 2.60. The Bertz CT molecular complexity index is 689. The minimum absolute atomic E-state index is 0.00850. The zero-order valence-corrected chi connectivity index (χ0v) is 17.4. The normalized spacial score (nSPS) is 34.6. The van der Waals surface area contributed by atoms with E-state index in [1.807, 2.05) is 16.8 Å². The van der Waals surface area contributed by atoms with E-state index >= 15 is 0 Å². The third-order valence-corrected chi connectivity index (χ3v) is 8.33. The van der Waals surface area contributed by atoms with E-state index in [0.29, 0.717) is 12.5 Å². The number of hydrogen-bond acceptors (Lipinski definition) is 4. The first-order valence-electron chi connectivity index (χ1n) is 10.9. The molecule has 4 aliphatic carbocycles. The number of rotatable bonds is 5. The molecule has 1 aromatic rings. The summed E-state index contributed by atoms with van der Waals surface area (Å²) in [6.07, 6.45) is 7.64. The number of carbonyl (C=O) groups excluding carboxylic acids is 2. The lowest BCUT2D eigenvalue weighted by Crippen LogP contribution is -2.58. The molecule has 1 aromatic heterocycles. The van der Waals surface area contributed by atoms with Gasteiger partial charge in [-0.3, -0.25) is 14.5 Å². The van der Waals surface area contributed by atoms with Crippen LogP contribution in [0.15, 0.2) is 16.8 Å². The highest BCUT2D eigenvalue weighted by Gasteiger charge is 2.55. The summed E-state index contributed by atoms with van der Waals surface area (Å²) in [6, 6.07) is 1.86. The SMILES string of the molecule is O=C(NCCN1CCN(C(=O)C23CC4CC(CC(C4)C2)C3)CC1)c1ccsc1. The van der Waals surface area contributed by atoms with Crippen LogP contribution in [-0.2, 0) is 4.79 Å². The maximum absolute atomic E-state index is 13.4. The lowest BCUT2D eigenvalue weighted by Gasteiger charge is -2.57. The molecule has 0 aromatic carbocycles. The first-order valence-corrected chi connectivity index (χ1v) is 11.9. The average molecular weight is 402 g/mol. The summed E-state index contributed by atoms with van der Waals surface area (Å²) in [7, 11) is 0. The Kier molecular flexibility index (Phi) is 4.95. The maximum atomic E-state index is 13.4. The molecule has 5 fully saturated rings. The number of piperazine rings is 1. The van der Waals surface area contributed by atoms with Crippen molar-refractivity contribution in [2.75, 3.05) is 39.3 Å². The smallest absolute Gasteiger partial charge is 0.252 e. The average Bonchev–Trinajstić information content (AvgIpc) is 3.22. The van der Waals surface area contributed by atoms with Gasteiger partial charge in [-0.05, 0) is 67.7 Å². The van der Waals surface area contributed by atoms with E-state index in [1.54, 1.807) is 11.3 Å². The minimum atomic E-state index is -0.00850. The Balaban J connectivity index is 1.09. The van der Waals surface area contributed by atoms with Crippen LogP contribution in [0.25, 0.3) is 0 Å². The van der Waals surface area contributed by atoms with Crippen LogP contribution < -0.4 is 5.32 Å². The number of nitrogens with zero attached hydrogens (tertiary/aromatic N) is 2. The monoisotopic (exact) mass is 401 g/mol. The molecule has 0 unspecified atom stereocenters. The quantitative estimate of drug-likeness (QED) is 0.825. The highest BCUT2D eigenvalue weighted by molar-refractivity contribution is 7.08. The highest BCUT2D eigenvalue weighted by atomic mass is 32.1. The van der Waals surface area contributed by atoms with Crippen LogP contribution in [0.1, 0.15) is 48.9 Å². The first kappa shape index (κ1) is 18.6. The summed E-state index contributed by atoms with van der Waals surface area (Å²) in [5.41, 5.74) is 0.738. The van der Waals surface area contributed by atoms with Gasteiger partial charge in [-0.2, -0.15) is 11.3 Å². The van der Waals surface area contributed by atoms with E-state index in [-0.39, 0.29) is 11.3 Å². The predicted octanol–water partition coefficient (Wildman–Crippen LogP) is 2.84. The largest absolute Gasteiger partial charge is 0.351 e. The van der Waals surface area contributed by atoms with Crippen molar-refractivity contribution in [3.05, 3.63) is 22.4 Å². The standard InChI is InChI=1S/C22H31N3O2S/c26-20(19-1-8-28-15-19)23-2-3-24-4-6-25(7-5-24)21(27)22-12-16-9-17(13-22)11-18(10-16)14-22/h1,8,15-18H,2-7,9-14H2,(H,23,26). The zero-order chi connectivity index (χ0) is 19.1. The topological polar surface area (TPSA) is 52.7 Å². The molecule has 5 aliphatic rings. The molecule has 152 valence electrons. The van der Waals surface area contributed by atoms with Gasteiger partial charge < -0.3 is 10.2 Å². The summed E-state index contributed by atoms with van der Waals surface area (Å²) in [5, 5.41) is 6.81. The molecule has 6 heteroatoms. The molecular weight excluding hydrogens is 370 g/mol. The van der Waals surface area contributed by atoms with Gasteiger partial charge in [0.1, 0.15) is 0 Å². The van der Waals surface area contributed by atoms with Gasteiger partial charge in [-0.15, -0.1) is 0 Å². The fraction of sp³-hybridized carbons (Fsp3) is 0.727. The van der Waals surface area contributed by atoms with E-state index in [9.17, 15) is 9.59 Å². The summed E-state index contributed by atoms with van der Waals surface area (Å²) >= 11 is 1.54. The Labute approximate surface area is 171 Å². The summed E-state index contributed by atoms with van der Waals surface area (Å²) in [6.45, 7) is 5.06. The van der Waals surface area contributed by atoms with Crippen molar-refractivity contribution in [3.63, 3.8) is 0 Å². The Hall–Kier alpha value is -1.40. The van der Waals surface area contributed by atoms with Gasteiger partial charge in [0, 0.05) is 50.2 Å². The van der Waals surface area contributed by atoms with Gasteiger partial charge in [-0.25, -0.2) is 0 Å². The molecule has 2 amide bonds. The van der Waals surface area contributed by atoms with Gasteiger partial charge in [-0.1, -0.05) is 0 Å². The van der Waals surface area contributed by atoms with Crippen LogP contribution in [-0.4, -0.2) is 60.9 Å². The second-order valence-corrected chi connectivity index (χ2v) is 10.4. The van der Waals surface area contributed by atoms with Crippen molar-refractivity contribution in [3.8, 4) is 0 Å². The molecule has 28 heavy (non-hydrogen) atoms. The molecule has 0 radical (unpaired) electrons. The fourth-order valence-corrected chi connectivity index (χ4v) is 7.34. The molecule has 1 saturated heterocycles. The van der Waals surface area contributed by atoms with Crippen LogP contribution in [0.4, 0.5) is 0 Å². The Morgan fingerprint density at radius 1 is 1.04 bits per heavy atom. The van der Waals surface area contributed by atoms with Gasteiger partial charge in [0.25, 0.3) is 5.91 Å². The second-order valence-electron chi connectivity index (χ2n) is 9.60. The van der Waals surface area contributed by atoms with E-state index in [2.05, 4.69) is 15.1 Å². The molecule has 2 heterocycles. The number of hydrogen-bond donors (Lipinski definition) is 1. The van der Waals surface area contributed by atoms with Crippen molar-refractivity contribution in [2.24, 2.45) is 23.2 Å². The van der Waals surface area contributed by atoms with Gasteiger partial charge in [0.2, 0.25) is 5.91 Å². The summed E-state index contributed by atoms with van der Waals surface area (Å²) < 4.78 is 0. The van der Waals surface area contributed by atoms with Crippen molar-refractivity contribution in [1.82, 2.24) is 15.1 Å². The van der Waals surface area contributed by atoms with Crippen molar-refractivity contribution in [1.29, 1.82) is 0 Å². The molecule has 4 bridgehead atoms. The summed E-state index contributed by atoms with van der Waals surface area (Å²) in [5.74, 6) is 2.95. The molecule has 6 rings (SSSR count).